The average molecular weight is 359 g/mol. The SMILES string of the molecule is Cc1ccc(C2CCCN2C(=O)NCCc2nc3c(s2)CCCC3)o1. The lowest BCUT2D eigenvalue weighted by molar-refractivity contribution is 0.186. The maximum atomic E-state index is 12.6. The van der Waals surface area contributed by atoms with E-state index in [1.165, 1.54) is 29.8 Å². The van der Waals surface area contributed by atoms with Crippen LogP contribution in [-0.4, -0.2) is 29.0 Å². The molecule has 4 rings (SSSR count). The van der Waals surface area contributed by atoms with Crippen LogP contribution in [0, 0.1) is 6.92 Å². The molecule has 134 valence electrons. The van der Waals surface area contributed by atoms with Crippen molar-refractivity contribution in [2.24, 2.45) is 0 Å². The Labute approximate surface area is 152 Å². The quantitative estimate of drug-likeness (QED) is 0.897. The molecule has 1 N–H and O–H groups in total. The zero-order chi connectivity index (χ0) is 17.2. The molecule has 1 fully saturated rings. The molecule has 0 bridgehead atoms. The molecule has 2 aromatic rings. The summed E-state index contributed by atoms with van der Waals surface area (Å²) in [6.07, 6.45) is 7.66. The molecule has 1 atom stereocenters. The van der Waals surface area contributed by atoms with Crippen LogP contribution in [0.5, 0.6) is 0 Å². The van der Waals surface area contributed by atoms with Crippen molar-refractivity contribution in [3.8, 4) is 0 Å². The molecular formula is C19H25N3O2S. The zero-order valence-electron chi connectivity index (χ0n) is 14.7. The number of likely N-dealkylation sites (tertiary alicyclic amines) is 1. The van der Waals surface area contributed by atoms with Gasteiger partial charge >= 0.3 is 6.03 Å². The number of carbonyl (C=O) groups is 1. The summed E-state index contributed by atoms with van der Waals surface area (Å²) in [6.45, 7) is 3.38. The highest BCUT2D eigenvalue weighted by atomic mass is 32.1. The molecule has 1 aliphatic carbocycles. The van der Waals surface area contributed by atoms with Crippen LogP contribution >= 0.6 is 11.3 Å². The molecule has 1 unspecified atom stereocenters. The number of furan rings is 1. The lowest BCUT2D eigenvalue weighted by atomic mass is 10.0. The monoisotopic (exact) mass is 359 g/mol. The maximum Gasteiger partial charge on any atom is 0.318 e. The highest BCUT2D eigenvalue weighted by molar-refractivity contribution is 7.11. The summed E-state index contributed by atoms with van der Waals surface area (Å²) in [5.74, 6) is 1.80. The van der Waals surface area contributed by atoms with Crippen molar-refractivity contribution in [3.63, 3.8) is 0 Å². The van der Waals surface area contributed by atoms with Crippen molar-refractivity contribution in [1.82, 2.24) is 15.2 Å². The molecule has 5 nitrogen and oxygen atoms in total. The maximum absolute atomic E-state index is 12.6. The van der Waals surface area contributed by atoms with Crippen LogP contribution in [0.1, 0.15) is 58.8 Å². The number of urea groups is 1. The standard InChI is InChI=1S/C19H25N3O2S/c1-13-8-9-16(24-13)15-6-4-12-22(15)19(23)20-11-10-18-21-14-5-2-3-7-17(14)25-18/h8-9,15H,2-7,10-12H2,1H3,(H,20,23). The highest BCUT2D eigenvalue weighted by Gasteiger charge is 2.31. The average Bonchev–Trinajstić information content (AvgIpc) is 3.32. The van der Waals surface area contributed by atoms with Crippen molar-refractivity contribution in [1.29, 1.82) is 0 Å². The fourth-order valence-corrected chi connectivity index (χ4v) is 4.98. The minimum atomic E-state index is 0.0119. The summed E-state index contributed by atoms with van der Waals surface area (Å²) in [5, 5.41) is 4.23. The smallest absolute Gasteiger partial charge is 0.318 e. The fourth-order valence-electron chi connectivity index (χ4n) is 3.83. The van der Waals surface area contributed by atoms with Gasteiger partial charge in [-0.25, -0.2) is 9.78 Å². The van der Waals surface area contributed by atoms with E-state index in [1.807, 2.05) is 35.3 Å². The first-order valence-electron chi connectivity index (χ1n) is 9.29. The summed E-state index contributed by atoms with van der Waals surface area (Å²) >= 11 is 1.83. The van der Waals surface area contributed by atoms with Crippen molar-refractivity contribution in [2.75, 3.05) is 13.1 Å². The van der Waals surface area contributed by atoms with E-state index in [4.69, 9.17) is 9.40 Å². The van der Waals surface area contributed by atoms with E-state index < -0.39 is 0 Å². The van der Waals surface area contributed by atoms with Crippen LogP contribution in [0.25, 0.3) is 0 Å². The molecule has 0 spiro atoms. The van der Waals surface area contributed by atoms with Gasteiger partial charge in [0, 0.05) is 24.4 Å². The van der Waals surface area contributed by atoms with Gasteiger partial charge in [-0.05, 0) is 57.6 Å². The number of fused-ring (bicyclic) bond motifs is 1. The molecule has 1 aliphatic heterocycles. The minimum Gasteiger partial charge on any atom is -0.464 e. The van der Waals surface area contributed by atoms with Gasteiger partial charge in [-0.15, -0.1) is 11.3 Å². The van der Waals surface area contributed by atoms with Crippen LogP contribution in [-0.2, 0) is 19.3 Å². The van der Waals surface area contributed by atoms with Crippen LogP contribution in [0.4, 0.5) is 4.79 Å². The van der Waals surface area contributed by atoms with Crippen molar-refractivity contribution in [2.45, 2.75) is 57.9 Å². The summed E-state index contributed by atoms with van der Waals surface area (Å²) in [6, 6.07) is 4.04. The molecule has 6 heteroatoms. The number of amides is 2. The second-order valence-electron chi connectivity index (χ2n) is 6.97. The van der Waals surface area contributed by atoms with Gasteiger partial charge in [-0.1, -0.05) is 0 Å². The highest BCUT2D eigenvalue weighted by Crippen LogP contribution is 2.33. The van der Waals surface area contributed by atoms with Gasteiger partial charge in [-0.3, -0.25) is 0 Å². The lowest BCUT2D eigenvalue weighted by Gasteiger charge is -2.23. The third-order valence-electron chi connectivity index (χ3n) is 5.11. The van der Waals surface area contributed by atoms with E-state index in [-0.39, 0.29) is 12.1 Å². The Morgan fingerprint density at radius 2 is 2.24 bits per heavy atom. The van der Waals surface area contributed by atoms with E-state index in [0.29, 0.717) is 6.54 Å². The third kappa shape index (κ3) is 3.59. The molecule has 2 amide bonds. The van der Waals surface area contributed by atoms with Crippen molar-refractivity contribution in [3.05, 3.63) is 39.2 Å². The molecule has 1 saturated heterocycles. The van der Waals surface area contributed by atoms with E-state index >= 15 is 0 Å². The molecule has 2 aromatic heterocycles. The molecule has 0 saturated carbocycles. The minimum absolute atomic E-state index is 0.0119. The van der Waals surface area contributed by atoms with E-state index in [2.05, 4.69) is 5.32 Å². The molecule has 2 aliphatic rings. The topological polar surface area (TPSA) is 58.4 Å². The number of nitrogens with zero attached hydrogens (tertiary/aromatic N) is 2. The van der Waals surface area contributed by atoms with Gasteiger partial charge in [-0.2, -0.15) is 0 Å². The first-order chi connectivity index (χ1) is 12.2. The summed E-state index contributed by atoms with van der Waals surface area (Å²) in [5.41, 5.74) is 1.30. The van der Waals surface area contributed by atoms with Crippen LogP contribution in [0.3, 0.4) is 0 Å². The number of nitrogens with one attached hydrogen (secondary N) is 1. The lowest BCUT2D eigenvalue weighted by Crippen LogP contribution is -2.40. The van der Waals surface area contributed by atoms with E-state index in [0.717, 1.165) is 48.8 Å². The first kappa shape index (κ1) is 16.6. The fraction of sp³-hybridized carbons (Fsp3) is 0.579. The van der Waals surface area contributed by atoms with Gasteiger partial charge in [0.15, 0.2) is 0 Å². The van der Waals surface area contributed by atoms with Gasteiger partial charge in [0.05, 0.1) is 16.7 Å². The summed E-state index contributed by atoms with van der Waals surface area (Å²) in [4.78, 5) is 20.7. The Hall–Kier alpha value is -1.82. The molecule has 3 heterocycles. The number of rotatable bonds is 4. The number of aryl methyl sites for hydroxylation is 3. The number of thiazole rings is 1. The largest absolute Gasteiger partial charge is 0.464 e. The second-order valence-corrected chi connectivity index (χ2v) is 8.13. The molecule has 0 aromatic carbocycles. The molecule has 0 radical (unpaired) electrons. The Morgan fingerprint density at radius 3 is 3.04 bits per heavy atom. The van der Waals surface area contributed by atoms with Gasteiger partial charge in [0.2, 0.25) is 0 Å². The first-order valence-corrected chi connectivity index (χ1v) is 10.1. The number of hydrogen-bond acceptors (Lipinski definition) is 4. The van der Waals surface area contributed by atoms with Crippen LogP contribution < -0.4 is 5.32 Å². The van der Waals surface area contributed by atoms with E-state index in [1.54, 1.807) is 0 Å². The van der Waals surface area contributed by atoms with Gasteiger partial charge in [0.1, 0.15) is 11.5 Å². The Kier molecular flexibility index (Phi) is 4.79. The zero-order valence-corrected chi connectivity index (χ0v) is 15.5. The number of hydrogen-bond donors (Lipinski definition) is 1. The van der Waals surface area contributed by atoms with Crippen molar-refractivity contribution < 1.29 is 9.21 Å². The Balaban J connectivity index is 1.31. The van der Waals surface area contributed by atoms with Crippen LogP contribution in [0.15, 0.2) is 16.5 Å². The van der Waals surface area contributed by atoms with Gasteiger partial charge in [0.25, 0.3) is 0 Å². The second kappa shape index (κ2) is 7.20. The summed E-state index contributed by atoms with van der Waals surface area (Å²) in [7, 11) is 0. The van der Waals surface area contributed by atoms with E-state index in [9.17, 15) is 4.79 Å². The van der Waals surface area contributed by atoms with Crippen molar-refractivity contribution >= 4 is 17.4 Å². The third-order valence-corrected chi connectivity index (χ3v) is 6.33. The predicted octanol–water partition coefficient (Wildman–Crippen LogP) is 4.01. The number of aromatic nitrogens is 1. The summed E-state index contributed by atoms with van der Waals surface area (Å²) < 4.78 is 5.74. The Bertz CT molecular complexity index is 728. The predicted molar refractivity (Wildman–Crippen MR) is 98.0 cm³/mol. The number of carbonyl (C=O) groups excluding carboxylic acids is 1. The van der Waals surface area contributed by atoms with Crippen LogP contribution in [0.2, 0.25) is 0 Å². The Morgan fingerprint density at radius 1 is 1.36 bits per heavy atom. The molecular weight excluding hydrogens is 334 g/mol. The normalized spacial score (nSPS) is 19.9. The van der Waals surface area contributed by atoms with Gasteiger partial charge < -0.3 is 14.6 Å². The molecule has 25 heavy (non-hydrogen) atoms.